The molecule has 0 bridgehead atoms. The first kappa shape index (κ1) is 21.3. The highest BCUT2D eigenvalue weighted by atomic mass is 32.2. The molecule has 2 aliphatic rings. The number of pyridine rings is 2. The number of rotatable bonds is 5. The first-order valence-electron chi connectivity index (χ1n) is 11.5. The van der Waals surface area contributed by atoms with Crippen LogP contribution in [0.5, 0.6) is 0 Å². The summed E-state index contributed by atoms with van der Waals surface area (Å²) >= 11 is 0. The highest BCUT2D eigenvalue weighted by molar-refractivity contribution is 7.89. The smallest absolute Gasteiger partial charge is 0.216 e. The number of nitrogens with one attached hydrogen (secondary N) is 1. The van der Waals surface area contributed by atoms with Gasteiger partial charge in [-0.2, -0.15) is 0 Å². The normalized spacial score (nSPS) is 18.6. The van der Waals surface area contributed by atoms with E-state index in [2.05, 4.69) is 39.6 Å². The van der Waals surface area contributed by atoms with E-state index in [1.54, 1.807) is 4.31 Å². The molecule has 168 valence electrons. The quantitative estimate of drug-likeness (QED) is 0.611. The molecule has 32 heavy (non-hydrogen) atoms. The van der Waals surface area contributed by atoms with Crippen molar-refractivity contribution in [3.63, 3.8) is 0 Å². The van der Waals surface area contributed by atoms with Gasteiger partial charge in [0.25, 0.3) is 0 Å². The predicted octanol–water partition coefficient (Wildman–Crippen LogP) is 4.67. The molecule has 7 heteroatoms. The molecular formula is C25H30N4O2S. The van der Waals surface area contributed by atoms with Crippen LogP contribution in [-0.4, -0.2) is 47.1 Å². The van der Waals surface area contributed by atoms with Gasteiger partial charge in [-0.05, 0) is 86.4 Å². The Balaban J connectivity index is 1.39. The van der Waals surface area contributed by atoms with Crippen LogP contribution in [0.4, 0.5) is 5.69 Å². The lowest BCUT2D eigenvalue weighted by molar-refractivity contribution is 0.316. The number of nitrogens with zero attached hydrogens (tertiary/aromatic N) is 3. The highest BCUT2D eigenvalue weighted by Crippen LogP contribution is 2.34. The number of benzene rings is 1. The molecule has 2 fully saturated rings. The second-order valence-corrected chi connectivity index (χ2v) is 11.4. The van der Waals surface area contributed by atoms with Gasteiger partial charge in [0, 0.05) is 54.0 Å². The van der Waals surface area contributed by atoms with E-state index < -0.39 is 10.0 Å². The van der Waals surface area contributed by atoms with Crippen LogP contribution in [0.3, 0.4) is 0 Å². The van der Waals surface area contributed by atoms with Crippen molar-refractivity contribution in [1.29, 1.82) is 0 Å². The van der Waals surface area contributed by atoms with Crippen LogP contribution in [0.2, 0.25) is 0 Å². The van der Waals surface area contributed by atoms with Gasteiger partial charge in [0.15, 0.2) is 0 Å². The average molecular weight is 451 g/mol. The first-order chi connectivity index (χ1) is 15.4. The molecule has 2 aromatic heterocycles. The number of fused-ring (bicyclic) bond motifs is 1. The molecule has 3 heterocycles. The van der Waals surface area contributed by atoms with Crippen molar-refractivity contribution in [3.8, 4) is 11.1 Å². The van der Waals surface area contributed by atoms with Crippen LogP contribution in [0.25, 0.3) is 21.9 Å². The first-order valence-corrected chi connectivity index (χ1v) is 13.0. The number of hydrogen-bond donors (Lipinski definition) is 1. The molecule has 1 saturated carbocycles. The monoisotopic (exact) mass is 450 g/mol. The zero-order chi connectivity index (χ0) is 22.3. The molecule has 0 atom stereocenters. The number of sulfonamides is 1. The van der Waals surface area contributed by atoms with Gasteiger partial charge in [-0.25, -0.2) is 12.7 Å². The van der Waals surface area contributed by atoms with Gasteiger partial charge in [-0.15, -0.1) is 0 Å². The summed E-state index contributed by atoms with van der Waals surface area (Å²) in [5.74, 6) is 0. The zero-order valence-corrected chi connectivity index (χ0v) is 19.5. The molecule has 5 rings (SSSR count). The van der Waals surface area contributed by atoms with Crippen LogP contribution in [0, 0.1) is 13.8 Å². The minimum Gasteiger partial charge on any atom is -0.382 e. The molecule has 0 spiro atoms. The van der Waals surface area contributed by atoms with Crippen molar-refractivity contribution in [2.45, 2.75) is 57.2 Å². The molecule has 1 aliphatic carbocycles. The second kappa shape index (κ2) is 8.45. The fourth-order valence-corrected chi connectivity index (χ4v) is 6.91. The Morgan fingerprint density at radius 2 is 1.66 bits per heavy atom. The van der Waals surface area contributed by atoms with Crippen molar-refractivity contribution < 1.29 is 8.42 Å². The lowest BCUT2D eigenvalue weighted by Crippen LogP contribution is -2.47. The topological polar surface area (TPSA) is 75.2 Å². The number of piperidine rings is 1. The van der Waals surface area contributed by atoms with Crippen LogP contribution in [-0.2, 0) is 10.0 Å². The Morgan fingerprint density at radius 1 is 0.969 bits per heavy atom. The van der Waals surface area contributed by atoms with Gasteiger partial charge >= 0.3 is 0 Å². The number of aryl methyl sites for hydroxylation is 2. The van der Waals surface area contributed by atoms with E-state index in [0.29, 0.717) is 13.1 Å². The summed E-state index contributed by atoms with van der Waals surface area (Å²) in [5, 5.41) is 5.79. The molecule has 1 aromatic carbocycles. The zero-order valence-electron chi connectivity index (χ0n) is 18.7. The SMILES string of the molecule is Cc1cc(-c2cc(NC3CCN(S(=O)(=O)C4CCC4)CC3)c3cnccc3c2)cc(C)n1. The van der Waals surface area contributed by atoms with E-state index in [0.717, 1.165) is 71.1 Å². The Bertz CT molecular complexity index is 1230. The summed E-state index contributed by atoms with van der Waals surface area (Å²) in [7, 11) is -3.12. The van der Waals surface area contributed by atoms with Crippen LogP contribution in [0.15, 0.2) is 42.7 Å². The maximum absolute atomic E-state index is 12.8. The summed E-state index contributed by atoms with van der Waals surface area (Å²) in [6.45, 7) is 5.22. The Kier molecular flexibility index (Phi) is 5.63. The number of hydrogen-bond acceptors (Lipinski definition) is 5. The standard InChI is InChI=1S/C25H30N4O2S/c1-17-12-20(13-18(2)27-17)21-14-19-6-9-26-16-24(19)25(15-21)28-22-7-10-29(11-8-22)32(30,31)23-4-3-5-23/h6,9,12-16,22-23,28H,3-5,7-8,10-11H2,1-2H3. The highest BCUT2D eigenvalue weighted by Gasteiger charge is 2.37. The van der Waals surface area contributed by atoms with E-state index >= 15 is 0 Å². The lowest BCUT2D eigenvalue weighted by Gasteiger charge is -2.37. The summed E-state index contributed by atoms with van der Waals surface area (Å²) in [5.41, 5.74) is 5.36. The molecular weight excluding hydrogens is 420 g/mol. The summed E-state index contributed by atoms with van der Waals surface area (Å²) < 4.78 is 27.2. The molecule has 0 amide bonds. The molecule has 1 aliphatic heterocycles. The average Bonchev–Trinajstić information content (AvgIpc) is 2.72. The van der Waals surface area contributed by atoms with Gasteiger partial charge in [0.05, 0.1) is 5.25 Å². The van der Waals surface area contributed by atoms with E-state index in [9.17, 15) is 8.42 Å². The Labute approximate surface area is 190 Å². The summed E-state index contributed by atoms with van der Waals surface area (Å²) in [4.78, 5) is 8.85. The van der Waals surface area contributed by atoms with E-state index in [1.165, 1.54) is 0 Å². The van der Waals surface area contributed by atoms with Crippen molar-refractivity contribution in [1.82, 2.24) is 14.3 Å². The number of anilines is 1. The Morgan fingerprint density at radius 3 is 2.31 bits per heavy atom. The van der Waals surface area contributed by atoms with Crippen molar-refractivity contribution in [2.24, 2.45) is 0 Å². The number of aromatic nitrogens is 2. The van der Waals surface area contributed by atoms with Gasteiger partial charge in [0.1, 0.15) is 0 Å². The predicted molar refractivity (Wildman–Crippen MR) is 129 cm³/mol. The fourth-order valence-electron chi connectivity index (χ4n) is 4.84. The van der Waals surface area contributed by atoms with Gasteiger partial charge < -0.3 is 5.32 Å². The van der Waals surface area contributed by atoms with Gasteiger partial charge in [-0.1, -0.05) is 6.42 Å². The maximum Gasteiger partial charge on any atom is 0.216 e. The third-order valence-electron chi connectivity index (χ3n) is 6.82. The van der Waals surface area contributed by atoms with Crippen LogP contribution >= 0.6 is 0 Å². The summed E-state index contributed by atoms with van der Waals surface area (Å²) in [6.07, 6.45) is 8.02. The minimum absolute atomic E-state index is 0.147. The van der Waals surface area contributed by atoms with Crippen molar-refractivity contribution in [2.75, 3.05) is 18.4 Å². The third-order valence-corrected chi connectivity index (χ3v) is 9.22. The molecule has 1 N–H and O–H groups in total. The molecule has 6 nitrogen and oxygen atoms in total. The van der Waals surface area contributed by atoms with Crippen molar-refractivity contribution >= 4 is 26.5 Å². The van der Waals surface area contributed by atoms with Crippen molar-refractivity contribution in [3.05, 3.63) is 54.1 Å². The fraction of sp³-hybridized carbons (Fsp3) is 0.440. The third kappa shape index (κ3) is 4.11. The Hall–Kier alpha value is -2.51. The molecule has 1 saturated heterocycles. The van der Waals surface area contributed by atoms with Gasteiger partial charge in [0.2, 0.25) is 10.0 Å². The lowest BCUT2D eigenvalue weighted by atomic mass is 9.99. The molecule has 0 unspecified atom stereocenters. The largest absolute Gasteiger partial charge is 0.382 e. The minimum atomic E-state index is -3.12. The van der Waals surface area contributed by atoms with E-state index in [1.807, 2.05) is 32.3 Å². The maximum atomic E-state index is 12.8. The molecule has 0 radical (unpaired) electrons. The summed E-state index contributed by atoms with van der Waals surface area (Å²) in [6, 6.07) is 10.9. The van der Waals surface area contributed by atoms with Crippen LogP contribution < -0.4 is 5.32 Å². The van der Waals surface area contributed by atoms with Crippen LogP contribution in [0.1, 0.15) is 43.5 Å². The van der Waals surface area contributed by atoms with E-state index in [4.69, 9.17) is 0 Å². The van der Waals surface area contributed by atoms with Gasteiger partial charge in [-0.3, -0.25) is 9.97 Å². The molecule has 3 aromatic rings. The van der Waals surface area contributed by atoms with E-state index in [-0.39, 0.29) is 11.3 Å². The second-order valence-electron chi connectivity index (χ2n) is 9.17.